The minimum atomic E-state index is 0.478. The molecule has 0 saturated carbocycles. The number of hydrogen-bond donors (Lipinski definition) is 0. The zero-order valence-corrected chi connectivity index (χ0v) is 74.3. The minimum Gasteiger partial charge on any atom is -0.265 e. The lowest BCUT2D eigenvalue weighted by Gasteiger charge is -2.17. The van der Waals surface area contributed by atoms with Crippen LogP contribution in [-0.2, 0) is 0 Å². The molecule has 0 aliphatic carbocycles. The van der Waals surface area contributed by atoms with Crippen LogP contribution >= 0.6 is 0 Å². The number of aromatic nitrogens is 15. The SMILES string of the molecule is c1ccc(-c2nc(-c3ccc(-c4ccc(-c5nc(-c6ccc(-c7nc(-c8ccccc8)c(-c8ccccc8)nc7-c7cccnc7)cc6)nc(-c6cccc(-c7cccc(-c8nc(-c9ccccc9)c(-c9ccc(-c%10ccc(-c%11ccncc%11)cc%10)cc9)nc8-c8ccccc8)c7)c6)n5)cc4)cc3)nc(-c3ccc(-c4nc(-c5ccccc5)c(-c5ccccc5)nc4-c4ccncc4)cc3)n2)cc1. The molecule has 15 heteroatoms. The Morgan fingerprint density at radius 3 is 0.543 bits per heavy atom. The average Bonchev–Trinajstić information content (AvgIpc) is 0.769. The van der Waals surface area contributed by atoms with Gasteiger partial charge in [0.05, 0.1) is 68.3 Å². The molecule has 8 heterocycles. The predicted molar refractivity (Wildman–Crippen MR) is 553 cm³/mol. The second-order valence-electron chi connectivity index (χ2n) is 33.4. The first-order valence-electron chi connectivity index (χ1n) is 45.6. The quantitative estimate of drug-likeness (QED) is 0.0621. The number of rotatable bonds is 22. The summed E-state index contributed by atoms with van der Waals surface area (Å²) in [6, 6.07) is 151. The number of hydrogen-bond acceptors (Lipinski definition) is 15. The van der Waals surface area contributed by atoms with E-state index in [4.69, 9.17) is 59.8 Å². The molecule has 0 saturated heterocycles. The molecular formula is C123H79N15. The second-order valence-corrected chi connectivity index (χ2v) is 33.4. The van der Waals surface area contributed by atoms with Crippen molar-refractivity contribution < 1.29 is 0 Å². The molecule has 15 nitrogen and oxygen atoms in total. The third-order valence-electron chi connectivity index (χ3n) is 24.6. The molecule has 23 rings (SSSR count). The number of benzene rings is 15. The Hall–Kier alpha value is -19.0. The monoisotopic (exact) mass is 1770 g/mol. The van der Waals surface area contributed by atoms with Gasteiger partial charge in [-0.15, -0.1) is 0 Å². The third kappa shape index (κ3) is 17.4. The van der Waals surface area contributed by atoms with E-state index in [0.717, 1.165) is 202 Å². The lowest BCUT2D eigenvalue weighted by molar-refractivity contribution is 1.07. The van der Waals surface area contributed by atoms with Gasteiger partial charge in [-0.3, -0.25) is 15.0 Å². The van der Waals surface area contributed by atoms with Crippen LogP contribution < -0.4 is 0 Å². The van der Waals surface area contributed by atoms with Crippen LogP contribution in [0.15, 0.2) is 480 Å². The summed E-state index contributed by atoms with van der Waals surface area (Å²) in [5.41, 5.74) is 33.2. The minimum absolute atomic E-state index is 0.478. The van der Waals surface area contributed by atoms with E-state index in [1.165, 1.54) is 0 Å². The van der Waals surface area contributed by atoms with E-state index in [1.54, 1.807) is 18.6 Å². The topological polar surface area (TPSA) is 193 Å². The molecule has 0 unspecified atom stereocenters. The van der Waals surface area contributed by atoms with Gasteiger partial charge in [0.15, 0.2) is 34.9 Å². The van der Waals surface area contributed by atoms with Crippen molar-refractivity contribution in [3.05, 3.63) is 480 Å². The van der Waals surface area contributed by atoms with Crippen LogP contribution in [0.5, 0.6) is 0 Å². The molecule has 0 spiro atoms. The second kappa shape index (κ2) is 37.7. The van der Waals surface area contributed by atoms with E-state index < -0.39 is 0 Å². The highest BCUT2D eigenvalue weighted by Crippen LogP contribution is 2.45. The summed E-state index contributed by atoms with van der Waals surface area (Å²) in [4.78, 5) is 78.2. The lowest BCUT2D eigenvalue weighted by atomic mass is 9.95. The third-order valence-corrected chi connectivity index (χ3v) is 24.6. The van der Waals surface area contributed by atoms with Crippen LogP contribution in [0.3, 0.4) is 0 Å². The van der Waals surface area contributed by atoms with Gasteiger partial charge in [0, 0.05) is 137 Å². The summed E-state index contributed by atoms with van der Waals surface area (Å²) < 4.78 is 0. The summed E-state index contributed by atoms with van der Waals surface area (Å²) in [6.07, 6.45) is 10.8. The number of nitrogens with zero attached hydrogens (tertiary/aromatic N) is 15. The maximum atomic E-state index is 5.71. The molecule has 0 aliphatic heterocycles. The Bertz CT molecular complexity index is 8300. The van der Waals surface area contributed by atoms with Crippen molar-refractivity contribution in [1.29, 1.82) is 0 Å². The molecule has 0 fully saturated rings. The van der Waals surface area contributed by atoms with Gasteiger partial charge in [0.1, 0.15) is 0 Å². The van der Waals surface area contributed by atoms with Crippen molar-refractivity contribution in [3.63, 3.8) is 0 Å². The van der Waals surface area contributed by atoms with Gasteiger partial charge in [-0.1, -0.05) is 394 Å². The van der Waals surface area contributed by atoms with Crippen molar-refractivity contribution in [2.24, 2.45) is 0 Å². The van der Waals surface area contributed by atoms with Crippen molar-refractivity contribution in [2.75, 3.05) is 0 Å². The van der Waals surface area contributed by atoms with Gasteiger partial charge in [-0.25, -0.2) is 59.8 Å². The number of pyridine rings is 3. The summed E-state index contributed by atoms with van der Waals surface area (Å²) in [5.74, 6) is 3.05. The first kappa shape index (κ1) is 83.4. The summed E-state index contributed by atoms with van der Waals surface area (Å²) in [7, 11) is 0. The predicted octanol–water partition coefficient (Wildman–Crippen LogP) is 29.3. The van der Waals surface area contributed by atoms with Gasteiger partial charge < -0.3 is 0 Å². The molecule has 646 valence electrons. The Morgan fingerprint density at radius 1 is 0.0942 bits per heavy atom. The molecule has 8 aromatic heterocycles. The van der Waals surface area contributed by atoms with Crippen molar-refractivity contribution in [1.82, 2.24) is 74.8 Å². The first-order chi connectivity index (χ1) is 68.4. The largest absolute Gasteiger partial charge is 0.265 e. The molecule has 0 amide bonds. The van der Waals surface area contributed by atoms with Gasteiger partial charge in [-0.2, -0.15) is 0 Å². The highest BCUT2D eigenvalue weighted by molar-refractivity contribution is 5.93. The zero-order valence-electron chi connectivity index (χ0n) is 74.3. The van der Waals surface area contributed by atoms with Gasteiger partial charge >= 0.3 is 0 Å². The van der Waals surface area contributed by atoms with Crippen LogP contribution in [-0.4, -0.2) is 74.8 Å². The van der Waals surface area contributed by atoms with Crippen LogP contribution in [0.25, 0.3) is 248 Å². The molecule has 0 aliphatic rings. The normalized spacial score (nSPS) is 11.2. The fraction of sp³-hybridized carbons (Fsp3) is 0. The highest BCUT2D eigenvalue weighted by Gasteiger charge is 2.27. The van der Waals surface area contributed by atoms with Crippen LogP contribution in [0.1, 0.15) is 0 Å². The Labute approximate surface area is 797 Å². The fourth-order valence-electron chi connectivity index (χ4n) is 17.5. The molecule has 0 bridgehead atoms. The van der Waals surface area contributed by atoms with E-state index >= 15 is 0 Å². The van der Waals surface area contributed by atoms with Gasteiger partial charge in [0.2, 0.25) is 0 Å². The smallest absolute Gasteiger partial charge is 0.164 e. The standard InChI is InChI=1S/C123H79N15/c1-8-25-86(26-9-1)106-107(87-27-10-2-11-28-87)129-115(95-70-75-125-76-71-95)113(127-106)93-56-64-99(65-57-93)120-134-118(96-37-20-7-21-38-96)133-119(135-120)97-60-50-82(51-61-97)83-52-62-98(63-53-83)121-136-122(100-66-58-94(59-67-100)114-117(105-43-24-72-126-79-105)132-109(89-31-14-4-15-32-89)108(128-114)88-29-12-3-13-30-88)138-123(137-121)104-42-23-40-102(78-104)101-39-22-41-103(77-101)116-111(91-35-18-6-19-36-91)130-112(110(131-116)90-33-16-5-17-34-90)92-54-48-81(49-55-92)80-44-46-84(47-45-80)85-68-73-124-74-69-85/h1-79H. The average molecular weight is 1770 g/mol. The van der Waals surface area contributed by atoms with Gasteiger partial charge in [0.25, 0.3) is 0 Å². The van der Waals surface area contributed by atoms with E-state index in [9.17, 15) is 0 Å². The van der Waals surface area contributed by atoms with Crippen molar-refractivity contribution in [3.8, 4) is 248 Å². The summed E-state index contributed by atoms with van der Waals surface area (Å²) in [5, 5.41) is 0. The maximum absolute atomic E-state index is 5.71. The van der Waals surface area contributed by atoms with E-state index in [1.807, 2.05) is 182 Å². The molecular weight excluding hydrogens is 1690 g/mol. The molecule has 23 aromatic rings. The maximum Gasteiger partial charge on any atom is 0.164 e. The van der Waals surface area contributed by atoms with Crippen LogP contribution in [0, 0.1) is 0 Å². The Morgan fingerprint density at radius 2 is 0.268 bits per heavy atom. The zero-order chi connectivity index (χ0) is 91.9. The van der Waals surface area contributed by atoms with Gasteiger partial charge in [-0.05, 0) is 93.0 Å². The van der Waals surface area contributed by atoms with Crippen LogP contribution in [0.4, 0.5) is 0 Å². The molecule has 0 radical (unpaired) electrons. The van der Waals surface area contributed by atoms with E-state index in [0.29, 0.717) is 46.3 Å². The Kier molecular flexibility index (Phi) is 22.8. The highest BCUT2D eigenvalue weighted by atomic mass is 15.0. The van der Waals surface area contributed by atoms with Crippen molar-refractivity contribution >= 4 is 0 Å². The van der Waals surface area contributed by atoms with Crippen molar-refractivity contribution in [2.45, 2.75) is 0 Å². The molecule has 138 heavy (non-hydrogen) atoms. The lowest BCUT2D eigenvalue weighted by Crippen LogP contribution is -2.02. The van der Waals surface area contributed by atoms with Crippen LogP contribution in [0.2, 0.25) is 0 Å². The first-order valence-corrected chi connectivity index (χ1v) is 45.6. The Balaban J connectivity index is 0.593. The van der Waals surface area contributed by atoms with E-state index in [-0.39, 0.29) is 0 Å². The summed E-state index contributed by atoms with van der Waals surface area (Å²) >= 11 is 0. The molecule has 0 atom stereocenters. The fourth-order valence-corrected chi connectivity index (χ4v) is 17.5. The molecule has 0 N–H and O–H groups in total. The summed E-state index contributed by atoms with van der Waals surface area (Å²) in [6.45, 7) is 0. The van der Waals surface area contributed by atoms with E-state index in [2.05, 4.69) is 294 Å². The molecule has 15 aromatic carbocycles.